The molecule has 1 unspecified atom stereocenters. The molecule has 0 aromatic rings. The highest BCUT2D eigenvalue weighted by Crippen LogP contribution is 2.07. The van der Waals surface area contributed by atoms with E-state index in [1.165, 1.54) is 0 Å². The van der Waals surface area contributed by atoms with Gasteiger partial charge in [0.25, 0.3) is 0 Å². The SMILES string of the molecule is CC(CCCCNC(=O)CCC(=O)O)C(=O)O. The number of aliphatic carboxylic acids is 2. The van der Waals surface area contributed by atoms with E-state index < -0.39 is 11.9 Å². The zero-order valence-corrected chi connectivity index (χ0v) is 9.94. The van der Waals surface area contributed by atoms with Crippen molar-refractivity contribution in [3.63, 3.8) is 0 Å². The largest absolute Gasteiger partial charge is 0.481 e. The minimum Gasteiger partial charge on any atom is -0.481 e. The molecule has 0 aliphatic rings. The highest BCUT2D eigenvalue weighted by atomic mass is 16.4. The maximum absolute atomic E-state index is 11.1. The quantitative estimate of drug-likeness (QED) is 0.523. The molecule has 0 fully saturated rings. The van der Waals surface area contributed by atoms with Gasteiger partial charge in [-0.05, 0) is 12.8 Å². The molecule has 0 radical (unpaired) electrons. The second-order valence-corrected chi connectivity index (χ2v) is 3.98. The van der Waals surface area contributed by atoms with Crippen LogP contribution < -0.4 is 5.32 Å². The van der Waals surface area contributed by atoms with E-state index in [2.05, 4.69) is 5.32 Å². The molecule has 0 aromatic heterocycles. The molecule has 1 atom stereocenters. The van der Waals surface area contributed by atoms with Gasteiger partial charge < -0.3 is 15.5 Å². The Morgan fingerprint density at radius 2 is 1.76 bits per heavy atom. The normalized spacial score (nSPS) is 11.8. The molecule has 6 heteroatoms. The average molecular weight is 245 g/mol. The number of carbonyl (C=O) groups is 3. The van der Waals surface area contributed by atoms with Crippen LogP contribution in [0.5, 0.6) is 0 Å². The molecule has 0 spiro atoms. The fraction of sp³-hybridized carbons (Fsp3) is 0.727. The second kappa shape index (κ2) is 8.55. The summed E-state index contributed by atoms with van der Waals surface area (Å²) < 4.78 is 0. The van der Waals surface area contributed by atoms with Crippen molar-refractivity contribution in [1.82, 2.24) is 5.32 Å². The van der Waals surface area contributed by atoms with Gasteiger partial charge in [-0.15, -0.1) is 0 Å². The number of rotatable bonds is 9. The molecule has 0 bridgehead atoms. The molecule has 0 saturated carbocycles. The smallest absolute Gasteiger partial charge is 0.306 e. The van der Waals surface area contributed by atoms with Crippen LogP contribution in [0, 0.1) is 5.92 Å². The molecule has 1 amide bonds. The van der Waals surface area contributed by atoms with Gasteiger partial charge in [0.1, 0.15) is 0 Å². The van der Waals surface area contributed by atoms with Crippen LogP contribution in [-0.4, -0.2) is 34.6 Å². The zero-order valence-electron chi connectivity index (χ0n) is 9.94. The van der Waals surface area contributed by atoms with Crippen molar-refractivity contribution >= 4 is 17.8 Å². The minimum atomic E-state index is -0.990. The monoisotopic (exact) mass is 245 g/mol. The third-order valence-electron chi connectivity index (χ3n) is 2.37. The van der Waals surface area contributed by atoms with E-state index in [9.17, 15) is 14.4 Å². The van der Waals surface area contributed by atoms with Crippen LogP contribution in [0.4, 0.5) is 0 Å². The van der Waals surface area contributed by atoms with Crippen LogP contribution in [-0.2, 0) is 14.4 Å². The number of hydrogen-bond acceptors (Lipinski definition) is 3. The summed E-state index contributed by atoms with van der Waals surface area (Å²) in [7, 11) is 0. The summed E-state index contributed by atoms with van der Waals surface area (Å²) in [6, 6.07) is 0. The van der Waals surface area contributed by atoms with E-state index in [1.54, 1.807) is 6.92 Å². The standard InChI is InChI=1S/C11H19NO5/c1-8(11(16)17)4-2-3-7-12-9(13)5-6-10(14)15/h8H,2-7H2,1H3,(H,12,13)(H,14,15)(H,16,17). The number of hydrogen-bond donors (Lipinski definition) is 3. The van der Waals surface area contributed by atoms with E-state index in [-0.39, 0.29) is 24.7 Å². The maximum atomic E-state index is 11.1. The van der Waals surface area contributed by atoms with E-state index in [4.69, 9.17) is 10.2 Å². The summed E-state index contributed by atoms with van der Waals surface area (Å²) in [5.74, 6) is -2.44. The van der Waals surface area contributed by atoms with Crippen LogP contribution in [0.15, 0.2) is 0 Å². The Morgan fingerprint density at radius 1 is 1.12 bits per heavy atom. The number of nitrogens with one attached hydrogen (secondary N) is 1. The predicted octanol–water partition coefficient (Wildman–Crippen LogP) is 0.858. The number of carboxylic acids is 2. The van der Waals surface area contributed by atoms with Crippen molar-refractivity contribution < 1.29 is 24.6 Å². The molecule has 0 aliphatic heterocycles. The third kappa shape index (κ3) is 9.35. The van der Waals surface area contributed by atoms with E-state index in [0.717, 1.165) is 6.42 Å². The molecule has 0 heterocycles. The first kappa shape index (κ1) is 15.4. The lowest BCUT2D eigenvalue weighted by molar-refractivity contribution is -0.141. The van der Waals surface area contributed by atoms with Gasteiger partial charge >= 0.3 is 11.9 Å². The number of amides is 1. The Kier molecular flexibility index (Phi) is 7.75. The highest BCUT2D eigenvalue weighted by molar-refractivity contribution is 5.80. The van der Waals surface area contributed by atoms with E-state index in [0.29, 0.717) is 19.4 Å². The first-order valence-corrected chi connectivity index (χ1v) is 5.64. The molecule has 6 nitrogen and oxygen atoms in total. The van der Waals surface area contributed by atoms with Crippen molar-refractivity contribution in [2.24, 2.45) is 5.92 Å². The number of unbranched alkanes of at least 4 members (excludes halogenated alkanes) is 1. The molecule has 98 valence electrons. The van der Waals surface area contributed by atoms with Crippen LogP contribution in [0.3, 0.4) is 0 Å². The summed E-state index contributed by atoms with van der Waals surface area (Å²) in [5, 5.41) is 19.6. The summed E-state index contributed by atoms with van der Waals surface area (Å²) in [6.07, 6.45) is 1.84. The predicted molar refractivity (Wildman–Crippen MR) is 60.5 cm³/mol. The Hall–Kier alpha value is -1.59. The van der Waals surface area contributed by atoms with Crippen molar-refractivity contribution in [3.05, 3.63) is 0 Å². The van der Waals surface area contributed by atoms with Gasteiger partial charge in [0.15, 0.2) is 0 Å². The second-order valence-electron chi connectivity index (χ2n) is 3.98. The Morgan fingerprint density at radius 3 is 2.29 bits per heavy atom. The van der Waals surface area contributed by atoms with Crippen molar-refractivity contribution in [3.8, 4) is 0 Å². The van der Waals surface area contributed by atoms with Gasteiger partial charge in [0, 0.05) is 13.0 Å². The van der Waals surface area contributed by atoms with Gasteiger partial charge in [0.05, 0.1) is 12.3 Å². The zero-order chi connectivity index (χ0) is 13.3. The van der Waals surface area contributed by atoms with Gasteiger partial charge in [0.2, 0.25) is 5.91 Å². The average Bonchev–Trinajstić information content (AvgIpc) is 2.25. The molecule has 17 heavy (non-hydrogen) atoms. The third-order valence-corrected chi connectivity index (χ3v) is 2.37. The van der Waals surface area contributed by atoms with Crippen LogP contribution >= 0.6 is 0 Å². The topological polar surface area (TPSA) is 104 Å². The number of carboxylic acid groups (broad SMARTS) is 2. The fourth-order valence-electron chi connectivity index (χ4n) is 1.24. The summed E-state index contributed by atoms with van der Waals surface area (Å²) in [6.45, 7) is 2.11. The fourth-order valence-corrected chi connectivity index (χ4v) is 1.24. The number of carbonyl (C=O) groups excluding carboxylic acids is 1. The van der Waals surface area contributed by atoms with Crippen LogP contribution in [0.2, 0.25) is 0 Å². The van der Waals surface area contributed by atoms with E-state index >= 15 is 0 Å². The molecule has 0 aliphatic carbocycles. The van der Waals surface area contributed by atoms with Gasteiger partial charge in [-0.1, -0.05) is 13.3 Å². The van der Waals surface area contributed by atoms with Crippen molar-refractivity contribution in [2.45, 2.75) is 39.0 Å². The Balaban J connectivity index is 3.42. The van der Waals surface area contributed by atoms with Crippen molar-refractivity contribution in [2.75, 3.05) is 6.54 Å². The molecular formula is C11H19NO5. The summed E-state index contributed by atoms with van der Waals surface area (Å²) >= 11 is 0. The minimum absolute atomic E-state index is 0.0130. The van der Waals surface area contributed by atoms with E-state index in [1.807, 2.05) is 0 Å². The lowest BCUT2D eigenvalue weighted by atomic mass is 10.0. The molecule has 0 aromatic carbocycles. The molecular weight excluding hydrogens is 226 g/mol. The molecule has 3 N–H and O–H groups in total. The van der Waals surface area contributed by atoms with Crippen LogP contribution in [0.1, 0.15) is 39.0 Å². The Labute approximate surface area is 100 Å². The van der Waals surface area contributed by atoms with Gasteiger partial charge in [-0.3, -0.25) is 14.4 Å². The molecule has 0 saturated heterocycles. The maximum Gasteiger partial charge on any atom is 0.306 e. The van der Waals surface area contributed by atoms with Crippen molar-refractivity contribution in [1.29, 1.82) is 0 Å². The molecule has 0 rings (SSSR count). The Bertz CT molecular complexity index is 277. The lowest BCUT2D eigenvalue weighted by Crippen LogP contribution is -2.25. The van der Waals surface area contributed by atoms with Crippen LogP contribution in [0.25, 0.3) is 0 Å². The highest BCUT2D eigenvalue weighted by Gasteiger charge is 2.09. The summed E-state index contributed by atoms with van der Waals surface area (Å²) in [4.78, 5) is 31.8. The lowest BCUT2D eigenvalue weighted by Gasteiger charge is -2.06. The summed E-state index contributed by atoms with van der Waals surface area (Å²) in [5.41, 5.74) is 0. The first-order chi connectivity index (χ1) is 7.93. The van der Waals surface area contributed by atoms with Gasteiger partial charge in [-0.2, -0.15) is 0 Å². The first-order valence-electron chi connectivity index (χ1n) is 5.64. The van der Waals surface area contributed by atoms with Gasteiger partial charge in [-0.25, -0.2) is 0 Å².